The number of hydrogen-bond acceptors (Lipinski definition) is 7. The topological polar surface area (TPSA) is 107 Å². The molecule has 0 bridgehead atoms. The molecule has 1 aromatic heterocycles. The average molecular weight is 588 g/mol. The molecule has 3 aromatic rings. The first-order chi connectivity index (χ1) is 18.2. The maximum absolute atomic E-state index is 15.0. The van der Waals surface area contributed by atoms with E-state index in [4.69, 9.17) is 11.6 Å². The number of aromatic nitrogens is 2. The predicted octanol–water partition coefficient (Wildman–Crippen LogP) is 4.87. The summed E-state index contributed by atoms with van der Waals surface area (Å²) in [5.41, 5.74) is -2.07. The molecule has 0 radical (unpaired) electrons. The molecule has 0 spiro atoms. The van der Waals surface area contributed by atoms with E-state index in [2.05, 4.69) is 20.0 Å². The van der Waals surface area contributed by atoms with E-state index in [1.165, 1.54) is 24.4 Å². The molecular weight excluding hydrogens is 562 g/mol. The Morgan fingerprint density at radius 1 is 1.18 bits per heavy atom. The fraction of sp³-hybridized carbons (Fsp3) is 0.360. The summed E-state index contributed by atoms with van der Waals surface area (Å²) in [6.07, 6.45) is -1.56. The Balaban J connectivity index is 1.56. The van der Waals surface area contributed by atoms with Gasteiger partial charge in [0.05, 0.1) is 21.9 Å². The first-order valence-electron chi connectivity index (χ1n) is 11.8. The molecule has 0 amide bonds. The third kappa shape index (κ3) is 6.43. The van der Waals surface area contributed by atoms with E-state index in [9.17, 15) is 26.7 Å². The summed E-state index contributed by atoms with van der Waals surface area (Å²) in [6.45, 7) is 0. The summed E-state index contributed by atoms with van der Waals surface area (Å²) in [4.78, 5) is 8.59. The van der Waals surface area contributed by atoms with Crippen molar-refractivity contribution in [1.82, 2.24) is 14.9 Å². The summed E-state index contributed by atoms with van der Waals surface area (Å²) in [5, 5.41) is 14.5. The van der Waals surface area contributed by atoms with Crippen LogP contribution in [0.2, 0.25) is 5.02 Å². The summed E-state index contributed by atoms with van der Waals surface area (Å²) in [7, 11) is -0.834. The van der Waals surface area contributed by atoms with E-state index in [1.807, 2.05) is 4.90 Å². The van der Waals surface area contributed by atoms with Gasteiger partial charge >= 0.3 is 6.18 Å². The smallest absolute Gasteiger partial charge is 0.385 e. The first kappa shape index (κ1) is 29.0. The van der Waals surface area contributed by atoms with Crippen LogP contribution in [0.4, 0.5) is 29.1 Å². The lowest BCUT2D eigenvalue weighted by Gasteiger charge is -2.45. The minimum Gasteiger partial charge on any atom is -0.385 e. The van der Waals surface area contributed by atoms with Gasteiger partial charge in [-0.1, -0.05) is 23.7 Å². The summed E-state index contributed by atoms with van der Waals surface area (Å²) < 4.78 is 82.4. The van der Waals surface area contributed by atoms with Crippen LogP contribution in [0, 0.1) is 5.82 Å². The molecule has 2 aromatic carbocycles. The molecule has 1 aliphatic carbocycles. The molecule has 4 rings (SSSR count). The zero-order chi connectivity index (χ0) is 28.6. The number of sulfonamides is 1. The second-order valence-corrected chi connectivity index (χ2v) is 11.7. The van der Waals surface area contributed by atoms with Crippen LogP contribution in [0.25, 0.3) is 0 Å². The van der Waals surface area contributed by atoms with E-state index in [0.29, 0.717) is 6.42 Å². The SMILES string of the molecule is CN(C)[C@H]1C[C@@](O)(c2cccc(C(F)(F)F)c2)CCC1Nc1cc(F)c(S(=O)(=O)Nc2ccncn2)cc1Cl. The highest BCUT2D eigenvalue weighted by atomic mass is 35.5. The first-order valence-corrected chi connectivity index (χ1v) is 13.7. The lowest BCUT2D eigenvalue weighted by Crippen LogP contribution is -2.52. The summed E-state index contributed by atoms with van der Waals surface area (Å²) in [6, 6.07) is 7.13. The van der Waals surface area contributed by atoms with Crippen LogP contribution in [0.15, 0.2) is 59.9 Å². The molecule has 1 unspecified atom stereocenters. The highest BCUT2D eigenvalue weighted by Crippen LogP contribution is 2.42. The fourth-order valence-electron chi connectivity index (χ4n) is 4.72. The van der Waals surface area contributed by atoms with Crippen LogP contribution in [-0.2, 0) is 21.8 Å². The molecule has 3 atom stereocenters. The van der Waals surface area contributed by atoms with Crippen LogP contribution in [0.3, 0.4) is 0 Å². The van der Waals surface area contributed by atoms with Crippen LogP contribution >= 0.6 is 11.6 Å². The number of nitrogens with zero attached hydrogens (tertiary/aromatic N) is 3. The zero-order valence-electron chi connectivity index (χ0n) is 20.9. The molecule has 1 saturated carbocycles. The number of benzene rings is 2. The Kier molecular flexibility index (Phi) is 8.08. The van der Waals surface area contributed by atoms with Crippen molar-refractivity contribution in [3.63, 3.8) is 0 Å². The van der Waals surface area contributed by atoms with Gasteiger partial charge in [0, 0.05) is 18.3 Å². The Bertz CT molecular complexity index is 1440. The maximum Gasteiger partial charge on any atom is 0.416 e. The lowest BCUT2D eigenvalue weighted by atomic mass is 9.74. The Labute approximate surface area is 228 Å². The van der Waals surface area contributed by atoms with E-state index in [0.717, 1.165) is 30.6 Å². The molecule has 1 fully saturated rings. The van der Waals surface area contributed by atoms with Crippen molar-refractivity contribution in [3.05, 3.63) is 77.0 Å². The number of aliphatic hydroxyl groups is 1. The van der Waals surface area contributed by atoms with Crippen LogP contribution < -0.4 is 10.0 Å². The molecule has 1 heterocycles. The number of nitrogens with one attached hydrogen (secondary N) is 2. The third-order valence-corrected chi connectivity index (χ3v) is 8.43. The average Bonchev–Trinajstić information content (AvgIpc) is 2.87. The normalized spacial score (nSPS) is 22.1. The second-order valence-electron chi connectivity index (χ2n) is 9.60. The molecule has 0 saturated heterocycles. The zero-order valence-corrected chi connectivity index (χ0v) is 22.4. The molecule has 0 aliphatic heterocycles. The van der Waals surface area contributed by atoms with E-state index in [-0.39, 0.29) is 47.0 Å². The van der Waals surface area contributed by atoms with Gasteiger partial charge in [-0.05, 0) is 69.3 Å². The number of alkyl halides is 3. The van der Waals surface area contributed by atoms with Gasteiger partial charge in [0.15, 0.2) is 0 Å². The van der Waals surface area contributed by atoms with Gasteiger partial charge in [-0.25, -0.2) is 22.8 Å². The summed E-state index contributed by atoms with van der Waals surface area (Å²) >= 11 is 6.35. The number of hydrogen-bond donors (Lipinski definition) is 3. The van der Waals surface area contributed by atoms with Gasteiger partial charge in [-0.15, -0.1) is 0 Å². The van der Waals surface area contributed by atoms with Crippen molar-refractivity contribution < 1.29 is 31.1 Å². The van der Waals surface area contributed by atoms with E-state index >= 15 is 4.39 Å². The molecule has 210 valence electrons. The van der Waals surface area contributed by atoms with Crippen molar-refractivity contribution in [2.75, 3.05) is 24.1 Å². The van der Waals surface area contributed by atoms with Crippen LogP contribution in [0.1, 0.15) is 30.4 Å². The highest BCUT2D eigenvalue weighted by Gasteiger charge is 2.43. The van der Waals surface area contributed by atoms with E-state index in [1.54, 1.807) is 14.1 Å². The number of rotatable bonds is 7. The van der Waals surface area contributed by atoms with Gasteiger partial charge < -0.3 is 15.3 Å². The van der Waals surface area contributed by atoms with Crippen LogP contribution in [-0.4, -0.2) is 54.6 Å². The molecule has 1 aliphatic rings. The van der Waals surface area contributed by atoms with Gasteiger partial charge in [0.25, 0.3) is 10.0 Å². The largest absolute Gasteiger partial charge is 0.416 e. The van der Waals surface area contributed by atoms with Gasteiger partial charge in [0.2, 0.25) is 0 Å². The highest BCUT2D eigenvalue weighted by molar-refractivity contribution is 7.92. The minimum atomic E-state index is -4.54. The molecule has 8 nitrogen and oxygen atoms in total. The molecule has 39 heavy (non-hydrogen) atoms. The van der Waals surface area contributed by atoms with Crippen molar-refractivity contribution in [3.8, 4) is 0 Å². The van der Waals surface area contributed by atoms with Gasteiger partial charge in [-0.3, -0.25) is 4.72 Å². The van der Waals surface area contributed by atoms with Crippen molar-refractivity contribution in [2.24, 2.45) is 0 Å². The molecule has 14 heteroatoms. The van der Waals surface area contributed by atoms with Crippen molar-refractivity contribution >= 4 is 33.1 Å². The quantitative estimate of drug-likeness (QED) is 0.339. The number of anilines is 2. The Morgan fingerprint density at radius 3 is 2.56 bits per heavy atom. The molecular formula is C25H26ClF4N5O3S. The van der Waals surface area contributed by atoms with E-state index < -0.39 is 38.1 Å². The summed E-state index contributed by atoms with van der Waals surface area (Å²) in [5.74, 6) is -1.10. The second kappa shape index (κ2) is 10.9. The number of likely N-dealkylation sites (N-methyl/N-ethyl adjacent to an activating group) is 1. The van der Waals surface area contributed by atoms with Crippen molar-refractivity contribution in [1.29, 1.82) is 0 Å². The van der Waals surface area contributed by atoms with Gasteiger partial charge in [0.1, 0.15) is 22.9 Å². The molecule has 3 N–H and O–H groups in total. The lowest BCUT2D eigenvalue weighted by molar-refractivity contribution is -0.137. The predicted molar refractivity (Wildman–Crippen MR) is 138 cm³/mol. The fourth-order valence-corrected chi connectivity index (χ4v) is 6.10. The minimum absolute atomic E-state index is 0.0491. The van der Waals surface area contributed by atoms with Gasteiger partial charge in [-0.2, -0.15) is 13.2 Å². The Morgan fingerprint density at radius 2 is 1.92 bits per heavy atom. The standard InChI is InChI=1S/C25H26ClF4N5O3S/c1-35(2)21-13-24(36,15-4-3-5-16(10-15)25(28,29)30)8-6-19(21)33-20-12-18(27)22(11-17(20)26)39(37,38)34-23-7-9-31-14-32-23/h3-5,7,9-12,14,19,21,33,36H,6,8,13H2,1-2H3,(H,31,32,34)/t19?,21-,24+/m0/s1. The Hall–Kier alpha value is -3.00. The van der Waals surface area contributed by atoms with Crippen LogP contribution in [0.5, 0.6) is 0 Å². The third-order valence-electron chi connectivity index (χ3n) is 6.74. The number of halogens is 5. The van der Waals surface area contributed by atoms with Crippen molar-refractivity contribution in [2.45, 2.75) is 48.0 Å². The monoisotopic (exact) mass is 587 g/mol. The maximum atomic E-state index is 15.0.